The summed E-state index contributed by atoms with van der Waals surface area (Å²) in [5.41, 5.74) is 0.988. The molecule has 10 heteroatoms. The molecule has 0 bridgehead atoms. The number of nitrogens with one attached hydrogen (secondary N) is 2. The monoisotopic (exact) mass is 388 g/mol. The van der Waals surface area contributed by atoms with Gasteiger partial charge in [-0.15, -0.1) is 15.3 Å². The van der Waals surface area contributed by atoms with Crippen LogP contribution in [0.2, 0.25) is 0 Å². The smallest absolute Gasteiger partial charge is 0.251 e. The summed E-state index contributed by atoms with van der Waals surface area (Å²) < 4.78 is 19.7. The van der Waals surface area contributed by atoms with Crippen molar-refractivity contribution < 1.29 is 19.0 Å². The van der Waals surface area contributed by atoms with Gasteiger partial charge in [0.2, 0.25) is 0 Å². The van der Waals surface area contributed by atoms with Crippen molar-refractivity contribution in [3.63, 3.8) is 0 Å². The lowest BCUT2D eigenvalue weighted by Crippen LogP contribution is -2.26. The lowest BCUT2D eigenvalue weighted by molar-refractivity contribution is 0.0954. The number of hydrogen-bond acceptors (Lipinski definition) is 7. The normalized spacial score (nSPS) is 10.9. The quantitative estimate of drug-likeness (QED) is 0.437. The topological polar surface area (TPSA) is 114 Å². The fourth-order valence-corrected chi connectivity index (χ4v) is 2.49. The zero-order chi connectivity index (χ0) is 19.8. The van der Waals surface area contributed by atoms with Crippen LogP contribution in [0.4, 0.5) is 10.2 Å². The van der Waals surface area contributed by atoms with Crippen LogP contribution in [-0.4, -0.2) is 63.7 Å². The van der Waals surface area contributed by atoms with E-state index in [0.29, 0.717) is 55.6 Å². The average molecular weight is 388 g/mol. The van der Waals surface area contributed by atoms with Crippen LogP contribution in [0.5, 0.6) is 0 Å². The highest BCUT2D eigenvalue weighted by Gasteiger charge is 2.09. The highest BCUT2D eigenvalue weighted by atomic mass is 19.1. The van der Waals surface area contributed by atoms with Crippen molar-refractivity contribution in [3.05, 3.63) is 53.6 Å². The molecule has 28 heavy (non-hydrogen) atoms. The first kappa shape index (κ1) is 19.6. The number of benzene rings is 1. The number of aliphatic hydroxyl groups excluding tert-OH is 1. The molecule has 3 N–H and O–H groups in total. The first-order valence-corrected chi connectivity index (χ1v) is 8.85. The fraction of sp³-hybridized carbons (Fsp3) is 0.333. The Kier molecular flexibility index (Phi) is 6.82. The predicted octanol–water partition coefficient (Wildman–Crippen LogP) is 0.657. The minimum atomic E-state index is -0.387. The van der Waals surface area contributed by atoms with Gasteiger partial charge in [0.25, 0.3) is 5.91 Å². The van der Waals surface area contributed by atoms with E-state index in [0.717, 1.165) is 0 Å². The van der Waals surface area contributed by atoms with E-state index in [1.165, 1.54) is 24.3 Å². The standard InChI is InChI=1S/C18H21FN6O3/c19-14-3-1-13(2-4-14)18(27)21-8-7-17-23-22-16-6-5-15(24-25(16)17)20-9-11-28-12-10-26/h1-6,26H,7-12H2,(H,20,24)(H,21,27). The molecule has 0 aliphatic heterocycles. The molecule has 3 aromatic rings. The number of fused-ring (bicyclic) bond motifs is 1. The maximum atomic E-state index is 12.9. The maximum absolute atomic E-state index is 12.9. The SMILES string of the molecule is O=C(NCCc1nnc2ccc(NCCOCCO)nn12)c1ccc(F)cc1. The lowest BCUT2D eigenvalue weighted by atomic mass is 10.2. The van der Waals surface area contributed by atoms with Gasteiger partial charge in [-0.2, -0.15) is 4.52 Å². The number of nitrogens with zero attached hydrogens (tertiary/aromatic N) is 4. The van der Waals surface area contributed by atoms with Crippen molar-refractivity contribution in [1.82, 2.24) is 25.1 Å². The van der Waals surface area contributed by atoms with E-state index in [2.05, 4.69) is 25.9 Å². The fourth-order valence-electron chi connectivity index (χ4n) is 2.49. The molecule has 1 amide bonds. The van der Waals surface area contributed by atoms with Crippen LogP contribution >= 0.6 is 0 Å². The summed E-state index contributed by atoms with van der Waals surface area (Å²) in [6, 6.07) is 8.93. The first-order chi connectivity index (χ1) is 13.7. The number of rotatable bonds is 10. The molecule has 0 spiro atoms. The van der Waals surface area contributed by atoms with Gasteiger partial charge >= 0.3 is 0 Å². The number of halogens is 1. The first-order valence-electron chi connectivity index (χ1n) is 8.85. The second-order valence-corrected chi connectivity index (χ2v) is 5.88. The van der Waals surface area contributed by atoms with Gasteiger partial charge in [-0.25, -0.2) is 4.39 Å². The summed E-state index contributed by atoms with van der Waals surface area (Å²) >= 11 is 0. The van der Waals surface area contributed by atoms with Gasteiger partial charge in [-0.05, 0) is 36.4 Å². The Labute approximate surface area is 160 Å². The van der Waals surface area contributed by atoms with Crippen LogP contribution in [0.1, 0.15) is 16.2 Å². The largest absolute Gasteiger partial charge is 0.394 e. The van der Waals surface area contributed by atoms with E-state index >= 15 is 0 Å². The van der Waals surface area contributed by atoms with Crippen molar-refractivity contribution in [1.29, 1.82) is 0 Å². The van der Waals surface area contributed by atoms with E-state index < -0.39 is 0 Å². The van der Waals surface area contributed by atoms with E-state index in [-0.39, 0.29) is 18.3 Å². The van der Waals surface area contributed by atoms with Crippen LogP contribution in [0, 0.1) is 5.82 Å². The highest BCUT2D eigenvalue weighted by molar-refractivity contribution is 5.94. The zero-order valence-electron chi connectivity index (χ0n) is 15.1. The third kappa shape index (κ3) is 5.21. The van der Waals surface area contributed by atoms with Crippen molar-refractivity contribution >= 4 is 17.4 Å². The molecule has 3 rings (SSSR count). The van der Waals surface area contributed by atoms with Crippen LogP contribution in [-0.2, 0) is 11.2 Å². The molecule has 0 fully saturated rings. The van der Waals surface area contributed by atoms with Crippen LogP contribution in [0.15, 0.2) is 36.4 Å². The van der Waals surface area contributed by atoms with Gasteiger partial charge < -0.3 is 20.5 Å². The number of carbonyl (C=O) groups excluding carboxylic acids is 1. The van der Waals surface area contributed by atoms with Gasteiger partial charge in [0.15, 0.2) is 11.5 Å². The number of aromatic nitrogens is 4. The Hall–Kier alpha value is -3.11. The van der Waals surface area contributed by atoms with Crippen molar-refractivity contribution in [2.45, 2.75) is 6.42 Å². The highest BCUT2D eigenvalue weighted by Crippen LogP contribution is 2.08. The molecule has 0 aliphatic carbocycles. The van der Waals surface area contributed by atoms with Gasteiger partial charge in [-0.1, -0.05) is 0 Å². The molecule has 0 atom stereocenters. The number of carbonyl (C=O) groups is 1. The number of amides is 1. The maximum Gasteiger partial charge on any atom is 0.251 e. The molecule has 0 saturated carbocycles. The molecule has 0 saturated heterocycles. The average Bonchev–Trinajstić information content (AvgIpc) is 3.10. The molecular formula is C18H21FN6O3. The Morgan fingerprint density at radius 2 is 1.93 bits per heavy atom. The second-order valence-electron chi connectivity index (χ2n) is 5.88. The van der Waals surface area contributed by atoms with E-state index in [4.69, 9.17) is 9.84 Å². The molecule has 2 aromatic heterocycles. The summed E-state index contributed by atoms with van der Waals surface area (Å²) in [5.74, 6) is 0.569. The number of ether oxygens (including phenoxy) is 1. The second kappa shape index (κ2) is 9.72. The Morgan fingerprint density at radius 3 is 2.71 bits per heavy atom. The van der Waals surface area contributed by atoms with Crippen molar-refractivity contribution in [3.8, 4) is 0 Å². The molecule has 2 heterocycles. The molecule has 1 aromatic carbocycles. The predicted molar refractivity (Wildman–Crippen MR) is 99.6 cm³/mol. The van der Waals surface area contributed by atoms with E-state index in [9.17, 15) is 9.18 Å². The summed E-state index contributed by atoms with van der Waals surface area (Å²) in [7, 11) is 0. The Bertz CT molecular complexity index is 915. The number of anilines is 1. The van der Waals surface area contributed by atoms with Crippen LogP contribution in [0.25, 0.3) is 5.65 Å². The molecular weight excluding hydrogens is 367 g/mol. The Balaban J connectivity index is 1.54. The number of aliphatic hydroxyl groups is 1. The van der Waals surface area contributed by atoms with Gasteiger partial charge in [0.05, 0.1) is 19.8 Å². The summed E-state index contributed by atoms with van der Waals surface area (Å²) in [6.45, 7) is 1.62. The molecule has 9 nitrogen and oxygen atoms in total. The zero-order valence-corrected chi connectivity index (χ0v) is 15.1. The van der Waals surface area contributed by atoms with Gasteiger partial charge in [0, 0.05) is 25.1 Å². The molecule has 0 aliphatic rings. The number of hydrogen-bond donors (Lipinski definition) is 3. The third-order valence-corrected chi connectivity index (χ3v) is 3.86. The summed E-state index contributed by atoms with van der Waals surface area (Å²) in [4.78, 5) is 12.1. The Morgan fingerprint density at radius 1 is 1.11 bits per heavy atom. The molecule has 0 unspecified atom stereocenters. The summed E-state index contributed by atoms with van der Waals surface area (Å²) in [5, 5.41) is 27.2. The van der Waals surface area contributed by atoms with Crippen molar-refractivity contribution in [2.75, 3.05) is 38.2 Å². The molecule has 0 radical (unpaired) electrons. The van der Waals surface area contributed by atoms with E-state index in [1.54, 1.807) is 16.6 Å². The van der Waals surface area contributed by atoms with Gasteiger partial charge in [-0.3, -0.25) is 4.79 Å². The van der Waals surface area contributed by atoms with Crippen LogP contribution < -0.4 is 10.6 Å². The minimum Gasteiger partial charge on any atom is -0.394 e. The van der Waals surface area contributed by atoms with Gasteiger partial charge in [0.1, 0.15) is 11.6 Å². The lowest BCUT2D eigenvalue weighted by Gasteiger charge is -2.07. The molecule has 148 valence electrons. The van der Waals surface area contributed by atoms with E-state index in [1.807, 2.05) is 0 Å². The van der Waals surface area contributed by atoms with Crippen LogP contribution in [0.3, 0.4) is 0 Å². The van der Waals surface area contributed by atoms with Crippen molar-refractivity contribution in [2.24, 2.45) is 0 Å². The third-order valence-electron chi connectivity index (χ3n) is 3.86. The summed E-state index contributed by atoms with van der Waals surface area (Å²) in [6.07, 6.45) is 0.435. The minimum absolute atomic E-state index is 0.00796.